The molecular formula is C21H17ClN4O2. The Balaban J connectivity index is 1.68. The molecule has 0 bridgehead atoms. The number of nitrogens with one attached hydrogen (secondary N) is 1. The van der Waals surface area contributed by atoms with Crippen LogP contribution in [0.25, 0.3) is 0 Å². The summed E-state index contributed by atoms with van der Waals surface area (Å²) in [7, 11) is 1.75. The van der Waals surface area contributed by atoms with E-state index in [4.69, 9.17) is 11.6 Å². The van der Waals surface area contributed by atoms with Crippen LogP contribution in [0.5, 0.6) is 0 Å². The maximum absolute atomic E-state index is 13.4. The molecule has 0 saturated carbocycles. The molecule has 140 valence electrons. The topological polar surface area (TPSA) is 67.2 Å². The molecule has 6 nitrogen and oxygen atoms in total. The number of hydrogen-bond acceptors (Lipinski definition) is 3. The second-order valence-corrected chi connectivity index (χ2v) is 7.57. The van der Waals surface area contributed by atoms with E-state index in [1.54, 1.807) is 22.8 Å². The molecule has 7 heteroatoms. The molecule has 3 aromatic rings. The summed E-state index contributed by atoms with van der Waals surface area (Å²) in [6.07, 6.45) is 1.76. The van der Waals surface area contributed by atoms with Gasteiger partial charge < -0.3 is 10.2 Å². The summed E-state index contributed by atoms with van der Waals surface area (Å²) in [5.74, 6) is 0.239. The molecule has 2 aliphatic rings. The lowest BCUT2D eigenvalue weighted by molar-refractivity contribution is -0.126. The average Bonchev–Trinajstić information content (AvgIpc) is 3.18. The van der Waals surface area contributed by atoms with Crippen LogP contribution in [0.3, 0.4) is 0 Å². The highest BCUT2D eigenvalue weighted by molar-refractivity contribution is 6.31. The van der Waals surface area contributed by atoms with Gasteiger partial charge in [0.05, 0.1) is 12.7 Å². The van der Waals surface area contributed by atoms with Crippen LogP contribution in [0, 0.1) is 0 Å². The van der Waals surface area contributed by atoms with Crippen LogP contribution in [-0.4, -0.2) is 28.6 Å². The molecule has 0 aliphatic carbocycles. The summed E-state index contributed by atoms with van der Waals surface area (Å²) >= 11 is 6.29. The van der Waals surface area contributed by atoms with Crippen LogP contribution in [0.15, 0.2) is 54.7 Å². The van der Waals surface area contributed by atoms with Gasteiger partial charge in [0.1, 0.15) is 11.2 Å². The van der Waals surface area contributed by atoms with Crippen molar-refractivity contribution in [3.63, 3.8) is 0 Å². The van der Waals surface area contributed by atoms with Crippen LogP contribution in [0.4, 0.5) is 11.5 Å². The van der Waals surface area contributed by atoms with Crippen molar-refractivity contribution in [2.24, 2.45) is 0 Å². The average molecular weight is 393 g/mol. The van der Waals surface area contributed by atoms with Gasteiger partial charge in [-0.05, 0) is 23.3 Å². The van der Waals surface area contributed by atoms with Crippen LogP contribution in [0.1, 0.15) is 23.1 Å². The second-order valence-electron chi connectivity index (χ2n) is 7.17. The van der Waals surface area contributed by atoms with Gasteiger partial charge >= 0.3 is 0 Å². The van der Waals surface area contributed by atoms with Gasteiger partial charge in [0.2, 0.25) is 11.8 Å². The predicted octanol–water partition coefficient (Wildman–Crippen LogP) is 3.19. The van der Waals surface area contributed by atoms with Gasteiger partial charge in [-0.3, -0.25) is 9.59 Å². The van der Waals surface area contributed by atoms with Crippen molar-refractivity contribution in [1.29, 1.82) is 0 Å². The molecular weight excluding hydrogens is 376 g/mol. The Hall–Kier alpha value is -3.12. The van der Waals surface area contributed by atoms with Gasteiger partial charge in [-0.1, -0.05) is 48.0 Å². The Labute approximate surface area is 166 Å². The number of halogens is 1. The number of nitrogens with zero attached hydrogens (tertiary/aromatic N) is 3. The van der Waals surface area contributed by atoms with Gasteiger partial charge in [0.25, 0.3) is 0 Å². The van der Waals surface area contributed by atoms with E-state index < -0.39 is 5.41 Å². The lowest BCUT2D eigenvalue weighted by Gasteiger charge is -2.32. The molecule has 5 rings (SSSR count). The molecule has 3 heterocycles. The maximum Gasteiger partial charge on any atom is 0.242 e. The molecule has 1 atom stereocenters. The fraction of sp³-hybridized carbons (Fsp3) is 0.190. The molecule has 0 fully saturated rings. The standard InChI is InChI=1S/C21H17ClN4O2/c1-25-17-9-5-3-7-14(17)21(20(25)28)10-18(27)24-19-15(21)11-23-26(19)12-13-6-2-4-8-16(13)22/h2-9,11H,10,12H2,1H3,(H,24,27). The van der Waals surface area contributed by atoms with E-state index in [-0.39, 0.29) is 18.2 Å². The Morgan fingerprint density at radius 3 is 2.68 bits per heavy atom. The minimum Gasteiger partial charge on any atom is -0.314 e. The number of fused-ring (bicyclic) bond motifs is 4. The summed E-state index contributed by atoms with van der Waals surface area (Å²) in [5, 5.41) is 8.04. The van der Waals surface area contributed by atoms with E-state index >= 15 is 0 Å². The lowest BCUT2D eigenvalue weighted by Crippen LogP contribution is -2.45. The smallest absolute Gasteiger partial charge is 0.242 e. The van der Waals surface area contributed by atoms with Crippen molar-refractivity contribution >= 4 is 34.9 Å². The number of anilines is 2. The third-order valence-corrected chi connectivity index (χ3v) is 6.02. The zero-order chi connectivity index (χ0) is 19.5. The summed E-state index contributed by atoms with van der Waals surface area (Å²) in [4.78, 5) is 27.7. The zero-order valence-corrected chi connectivity index (χ0v) is 15.9. The number of carbonyl (C=O) groups is 2. The molecule has 2 amide bonds. The molecule has 0 saturated heterocycles. The summed E-state index contributed by atoms with van der Waals surface area (Å²) in [6, 6.07) is 15.1. The van der Waals surface area contributed by atoms with Crippen molar-refractivity contribution < 1.29 is 9.59 Å². The number of rotatable bonds is 2. The number of para-hydroxylation sites is 1. The lowest BCUT2D eigenvalue weighted by atomic mass is 9.72. The van der Waals surface area contributed by atoms with E-state index in [9.17, 15) is 9.59 Å². The third-order valence-electron chi connectivity index (χ3n) is 5.66. The van der Waals surface area contributed by atoms with Crippen LogP contribution >= 0.6 is 11.6 Å². The van der Waals surface area contributed by atoms with E-state index in [1.165, 1.54) is 0 Å². The fourth-order valence-corrected chi connectivity index (χ4v) is 4.51. The number of aromatic nitrogens is 2. The molecule has 28 heavy (non-hydrogen) atoms. The maximum atomic E-state index is 13.4. The van der Waals surface area contributed by atoms with Crippen LogP contribution < -0.4 is 10.2 Å². The second kappa shape index (κ2) is 5.94. The minimum absolute atomic E-state index is 0.0674. The first-order chi connectivity index (χ1) is 13.5. The highest BCUT2D eigenvalue weighted by atomic mass is 35.5. The zero-order valence-electron chi connectivity index (χ0n) is 15.1. The van der Waals surface area contributed by atoms with Crippen molar-refractivity contribution in [2.75, 3.05) is 17.3 Å². The number of carbonyl (C=O) groups excluding carboxylic acids is 2. The van der Waals surface area contributed by atoms with Crippen LogP contribution in [0.2, 0.25) is 5.02 Å². The highest BCUT2D eigenvalue weighted by Crippen LogP contribution is 2.51. The number of likely N-dealkylation sites (N-methyl/N-ethyl adjacent to an activating group) is 1. The van der Waals surface area contributed by atoms with Crippen molar-refractivity contribution in [3.05, 3.63) is 76.4 Å². The van der Waals surface area contributed by atoms with Gasteiger partial charge in [0.15, 0.2) is 0 Å². The largest absolute Gasteiger partial charge is 0.314 e. The third kappa shape index (κ3) is 2.18. The number of hydrogen-bond donors (Lipinski definition) is 1. The van der Waals surface area contributed by atoms with Crippen molar-refractivity contribution in [1.82, 2.24) is 9.78 Å². The Kier molecular flexibility index (Phi) is 3.61. The summed E-state index contributed by atoms with van der Waals surface area (Å²) in [6.45, 7) is 0.400. The molecule has 1 N–H and O–H groups in total. The molecule has 1 aromatic heterocycles. The van der Waals surface area contributed by atoms with Gasteiger partial charge in [-0.15, -0.1) is 0 Å². The van der Waals surface area contributed by atoms with Crippen LogP contribution in [-0.2, 0) is 21.5 Å². The molecule has 2 aromatic carbocycles. The quantitative estimate of drug-likeness (QED) is 0.728. The first-order valence-corrected chi connectivity index (χ1v) is 9.37. The number of amides is 2. The monoisotopic (exact) mass is 392 g/mol. The van der Waals surface area contributed by atoms with E-state index in [2.05, 4.69) is 10.4 Å². The number of benzene rings is 2. The van der Waals surface area contributed by atoms with Crippen molar-refractivity contribution in [2.45, 2.75) is 18.4 Å². The minimum atomic E-state index is -1.04. The molecule has 0 radical (unpaired) electrons. The Morgan fingerprint density at radius 2 is 1.86 bits per heavy atom. The van der Waals surface area contributed by atoms with E-state index in [0.717, 1.165) is 22.4 Å². The molecule has 1 unspecified atom stereocenters. The molecule has 1 spiro atoms. The fourth-order valence-electron chi connectivity index (χ4n) is 4.32. The van der Waals surface area contributed by atoms with E-state index in [1.807, 2.05) is 48.5 Å². The van der Waals surface area contributed by atoms with E-state index in [0.29, 0.717) is 17.4 Å². The Bertz CT molecular complexity index is 1140. The summed E-state index contributed by atoms with van der Waals surface area (Å²) in [5.41, 5.74) is 2.24. The normalized spacial score (nSPS) is 20.3. The van der Waals surface area contributed by atoms with Crippen molar-refractivity contribution in [3.8, 4) is 0 Å². The highest BCUT2D eigenvalue weighted by Gasteiger charge is 2.56. The van der Waals surface area contributed by atoms with Gasteiger partial charge in [-0.25, -0.2) is 4.68 Å². The summed E-state index contributed by atoms with van der Waals surface area (Å²) < 4.78 is 1.70. The first-order valence-electron chi connectivity index (χ1n) is 8.99. The first kappa shape index (κ1) is 17.0. The SMILES string of the molecule is CN1C(=O)C2(CC(=O)Nc3c2cnn3Cc2ccccc2Cl)c2ccccc21. The molecule has 2 aliphatic heterocycles. The van der Waals surface area contributed by atoms with Gasteiger partial charge in [-0.2, -0.15) is 5.10 Å². The Morgan fingerprint density at radius 1 is 1.11 bits per heavy atom. The predicted molar refractivity (Wildman–Crippen MR) is 107 cm³/mol. The van der Waals surface area contributed by atoms with Gasteiger partial charge in [0, 0.05) is 29.7 Å².